The van der Waals surface area contributed by atoms with Gasteiger partial charge in [-0.3, -0.25) is 4.79 Å². The Bertz CT molecular complexity index is 359. The molecular weight excluding hydrogens is 256 g/mol. The van der Waals surface area contributed by atoms with E-state index in [1.165, 1.54) is 0 Å². The van der Waals surface area contributed by atoms with Gasteiger partial charge in [-0.25, -0.2) is 0 Å². The topological polar surface area (TPSA) is 26.3 Å². The molecule has 0 aliphatic carbocycles. The summed E-state index contributed by atoms with van der Waals surface area (Å²) < 4.78 is 5.99. The number of rotatable bonds is 4. The molecule has 15 heavy (non-hydrogen) atoms. The van der Waals surface area contributed by atoms with Crippen LogP contribution in [0.5, 0.6) is 0 Å². The maximum atomic E-state index is 11.9. The summed E-state index contributed by atoms with van der Waals surface area (Å²) in [6.07, 6.45) is 0. The molecule has 1 aromatic rings. The Morgan fingerprint density at radius 2 is 2.13 bits per heavy atom. The summed E-state index contributed by atoms with van der Waals surface area (Å²) in [6, 6.07) is 5.70. The fourth-order valence-corrected chi connectivity index (χ4v) is 1.73. The Labute approximate surface area is 98.8 Å². The van der Waals surface area contributed by atoms with Crippen molar-refractivity contribution in [3.8, 4) is 0 Å². The van der Waals surface area contributed by atoms with Crippen LogP contribution in [0.25, 0.3) is 0 Å². The first-order valence-corrected chi connectivity index (χ1v) is 5.67. The van der Waals surface area contributed by atoms with Crippen molar-refractivity contribution >= 4 is 21.7 Å². The first kappa shape index (κ1) is 12.4. The lowest BCUT2D eigenvalue weighted by molar-refractivity contribution is 0.0934. The third-order valence-electron chi connectivity index (χ3n) is 2.16. The van der Waals surface area contributed by atoms with Crippen LogP contribution in [0.1, 0.15) is 29.8 Å². The molecule has 0 unspecified atom stereocenters. The molecule has 0 atom stereocenters. The van der Waals surface area contributed by atoms with Crippen LogP contribution in [0.3, 0.4) is 0 Å². The molecule has 2 nitrogen and oxygen atoms in total. The summed E-state index contributed by atoms with van der Waals surface area (Å²) in [5.74, 6) is 0.165. The van der Waals surface area contributed by atoms with Gasteiger partial charge in [0.25, 0.3) is 0 Å². The Hall–Kier alpha value is -0.670. The smallest absolute Gasteiger partial charge is 0.165 e. The van der Waals surface area contributed by atoms with Gasteiger partial charge in [-0.1, -0.05) is 35.8 Å². The third-order valence-corrected chi connectivity index (χ3v) is 2.65. The lowest BCUT2D eigenvalue weighted by atomic mass is 9.97. The summed E-state index contributed by atoms with van der Waals surface area (Å²) in [6.45, 7) is 4.28. The summed E-state index contributed by atoms with van der Waals surface area (Å²) in [7, 11) is 1.63. The lowest BCUT2D eigenvalue weighted by Crippen LogP contribution is -2.11. The van der Waals surface area contributed by atoms with Gasteiger partial charge in [0.1, 0.15) is 0 Å². The Morgan fingerprint density at radius 3 is 2.67 bits per heavy atom. The van der Waals surface area contributed by atoms with E-state index in [0.717, 1.165) is 15.6 Å². The highest BCUT2D eigenvalue weighted by Crippen LogP contribution is 2.20. The van der Waals surface area contributed by atoms with Crippen LogP contribution in [0.4, 0.5) is 0 Å². The summed E-state index contributed by atoms with van der Waals surface area (Å²) >= 11 is 3.37. The zero-order chi connectivity index (χ0) is 11.4. The number of methoxy groups -OCH3 is 1. The molecule has 0 fully saturated rings. The minimum absolute atomic E-state index is 0.00917. The second-order valence-electron chi connectivity index (χ2n) is 3.75. The molecule has 0 radical (unpaired) electrons. The van der Waals surface area contributed by atoms with Gasteiger partial charge in [0.15, 0.2) is 5.78 Å². The SMILES string of the molecule is COCc1ccc(Br)cc1C(=O)C(C)C. The highest BCUT2D eigenvalue weighted by atomic mass is 79.9. The Morgan fingerprint density at radius 1 is 1.47 bits per heavy atom. The number of hydrogen-bond acceptors (Lipinski definition) is 2. The molecule has 3 heteroatoms. The fourth-order valence-electron chi connectivity index (χ4n) is 1.37. The summed E-state index contributed by atoms with van der Waals surface area (Å²) in [4.78, 5) is 11.9. The molecule has 82 valence electrons. The standard InChI is InChI=1S/C12H15BrO2/c1-8(2)12(14)11-6-10(13)5-4-9(11)7-15-3/h4-6,8H,7H2,1-3H3. The summed E-state index contributed by atoms with van der Waals surface area (Å²) in [5.41, 5.74) is 1.70. The average Bonchev–Trinajstić information content (AvgIpc) is 2.20. The zero-order valence-corrected chi connectivity index (χ0v) is 10.8. The first-order valence-electron chi connectivity index (χ1n) is 4.87. The maximum absolute atomic E-state index is 11.9. The van der Waals surface area contributed by atoms with Gasteiger partial charge < -0.3 is 4.74 Å². The van der Waals surface area contributed by atoms with Gasteiger partial charge in [0, 0.05) is 23.1 Å². The second kappa shape index (κ2) is 5.42. The molecule has 0 aliphatic rings. The van der Waals surface area contributed by atoms with Crippen molar-refractivity contribution in [2.45, 2.75) is 20.5 Å². The molecule has 0 amide bonds. The largest absolute Gasteiger partial charge is 0.380 e. The van der Waals surface area contributed by atoms with Gasteiger partial charge in [0.05, 0.1) is 6.61 Å². The molecular formula is C12H15BrO2. The number of carbonyl (C=O) groups excluding carboxylic acids is 1. The monoisotopic (exact) mass is 270 g/mol. The van der Waals surface area contributed by atoms with Gasteiger partial charge in [0.2, 0.25) is 0 Å². The zero-order valence-electron chi connectivity index (χ0n) is 9.21. The van der Waals surface area contributed by atoms with Crippen molar-refractivity contribution in [1.29, 1.82) is 0 Å². The van der Waals surface area contributed by atoms with Crippen LogP contribution in [0.2, 0.25) is 0 Å². The molecule has 0 bridgehead atoms. The van der Waals surface area contributed by atoms with Gasteiger partial charge >= 0.3 is 0 Å². The first-order chi connectivity index (χ1) is 7.06. The van der Waals surface area contributed by atoms with E-state index in [-0.39, 0.29) is 11.7 Å². The lowest BCUT2D eigenvalue weighted by Gasteiger charge is -2.10. The molecule has 0 aromatic heterocycles. The van der Waals surface area contributed by atoms with Crippen LogP contribution in [-0.2, 0) is 11.3 Å². The minimum Gasteiger partial charge on any atom is -0.380 e. The van der Waals surface area contributed by atoms with E-state index < -0.39 is 0 Å². The minimum atomic E-state index is 0.00917. The van der Waals surface area contributed by atoms with E-state index in [0.29, 0.717) is 6.61 Å². The highest BCUT2D eigenvalue weighted by molar-refractivity contribution is 9.10. The predicted molar refractivity (Wildman–Crippen MR) is 64.0 cm³/mol. The van der Waals surface area contributed by atoms with E-state index in [4.69, 9.17) is 4.74 Å². The van der Waals surface area contributed by atoms with E-state index in [9.17, 15) is 4.79 Å². The van der Waals surface area contributed by atoms with Crippen molar-refractivity contribution in [3.63, 3.8) is 0 Å². The second-order valence-corrected chi connectivity index (χ2v) is 4.67. The molecule has 0 aliphatic heterocycles. The fraction of sp³-hybridized carbons (Fsp3) is 0.417. The van der Waals surface area contributed by atoms with Crippen LogP contribution >= 0.6 is 15.9 Å². The molecule has 0 heterocycles. The van der Waals surface area contributed by atoms with Gasteiger partial charge in [-0.2, -0.15) is 0 Å². The molecule has 0 spiro atoms. The number of Topliss-reactive ketones (excluding diaryl/α,β-unsaturated/α-hetero) is 1. The Kier molecular flexibility index (Phi) is 4.48. The van der Waals surface area contributed by atoms with Gasteiger partial charge in [-0.05, 0) is 17.7 Å². The van der Waals surface area contributed by atoms with E-state index in [2.05, 4.69) is 15.9 Å². The number of carbonyl (C=O) groups is 1. The van der Waals surface area contributed by atoms with E-state index in [1.807, 2.05) is 32.0 Å². The molecule has 0 N–H and O–H groups in total. The van der Waals surface area contributed by atoms with Crippen LogP contribution in [0.15, 0.2) is 22.7 Å². The third kappa shape index (κ3) is 3.14. The number of ether oxygens (including phenoxy) is 1. The molecule has 1 aromatic carbocycles. The van der Waals surface area contributed by atoms with Crippen LogP contribution in [-0.4, -0.2) is 12.9 Å². The number of halogens is 1. The summed E-state index contributed by atoms with van der Waals surface area (Å²) in [5, 5.41) is 0. The van der Waals surface area contributed by atoms with Crippen molar-refractivity contribution in [3.05, 3.63) is 33.8 Å². The van der Waals surface area contributed by atoms with Crippen molar-refractivity contribution < 1.29 is 9.53 Å². The molecule has 0 saturated heterocycles. The number of hydrogen-bond donors (Lipinski definition) is 0. The van der Waals surface area contributed by atoms with Gasteiger partial charge in [-0.15, -0.1) is 0 Å². The van der Waals surface area contributed by atoms with E-state index >= 15 is 0 Å². The molecule has 0 saturated carbocycles. The predicted octanol–water partition coefficient (Wildman–Crippen LogP) is 3.43. The number of benzene rings is 1. The maximum Gasteiger partial charge on any atom is 0.165 e. The van der Waals surface area contributed by atoms with Crippen molar-refractivity contribution in [2.75, 3.05) is 7.11 Å². The van der Waals surface area contributed by atoms with Crippen LogP contribution < -0.4 is 0 Å². The molecule has 1 rings (SSSR count). The van der Waals surface area contributed by atoms with E-state index in [1.54, 1.807) is 7.11 Å². The van der Waals surface area contributed by atoms with Crippen molar-refractivity contribution in [2.24, 2.45) is 5.92 Å². The normalized spacial score (nSPS) is 10.7. The van der Waals surface area contributed by atoms with Crippen LogP contribution in [0, 0.1) is 5.92 Å². The highest BCUT2D eigenvalue weighted by Gasteiger charge is 2.14. The van der Waals surface area contributed by atoms with Crippen molar-refractivity contribution in [1.82, 2.24) is 0 Å². The quantitative estimate of drug-likeness (QED) is 0.784. The number of ketones is 1. The average molecular weight is 271 g/mol. The Balaban J connectivity index is 3.12.